The average molecular weight is 416 g/mol. The highest BCUT2D eigenvalue weighted by atomic mass is 32.2. The lowest BCUT2D eigenvalue weighted by Gasteiger charge is -2.25. The van der Waals surface area contributed by atoms with Crippen molar-refractivity contribution < 1.29 is 13.2 Å². The summed E-state index contributed by atoms with van der Waals surface area (Å²) in [6.07, 6.45) is 4.55. The second-order valence-electron chi connectivity index (χ2n) is 7.43. The van der Waals surface area contributed by atoms with Gasteiger partial charge in [-0.05, 0) is 56.6 Å². The minimum absolute atomic E-state index is 0.179. The van der Waals surface area contributed by atoms with Crippen LogP contribution in [0.1, 0.15) is 35.2 Å². The minimum Gasteiger partial charge on any atom is -0.352 e. The first-order valence-corrected chi connectivity index (χ1v) is 11.9. The van der Waals surface area contributed by atoms with Gasteiger partial charge in [-0.2, -0.15) is 0 Å². The first-order valence-electron chi connectivity index (χ1n) is 10.1. The highest BCUT2D eigenvalue weighted by Crippen LogP contribution is 2.25. The van der Waals surface area contributed by atoms with E-state index in [2.05, 4.69) is 10.2 Å². The Hall–Kier alpha value is -2.38. The number of carbonyl (C=O) groups is 1. The summed E-state index contributed by atoms with van der Waals surface area (Å²) < 4.78 is 26.3. The molecular weight excluding hydrogens is 386 g/mol. The molecule has 29 heavy (non-hydrogen) atoms. The second-order valence-corrected chi connectivity index (χ2v) is 9.34. The van der Waals surface area contributed by atoms with Crippen molar-refractivity contribution in [1.82, 2.24) is 10.2 Å². The van der Waals surface area contributed by atoms with E-state index in [0.717, 1.165) is 31.6 Å². The molecule has 1 heterocycles. The van der Waals surface area contributed by atoms with E-state index in [1.165, 1.54) is 23.4 Å². The molecule has 156 valence electrons. The molecule has 1 amide bonds. The summed E-state index contributed by atoms with van der Waals surface area (Å²) in [5, 5.41) is 2.95. The zero-order valence-electron chi connectivity index (χ0n) is 16.9. The van der Waals surface area contributed by atoms with Crippen LogP contribution in [0.3, 0.4) is 0 Å². The van der Waals surface area contributed by atoms with Gasteiger partial charge in [0.25, 0.3) is 5.91 Å². The van der Waals surface area contributed by atoms with Crippen LogP contribution >= 0.6 is 0 Å². The largest absolute Gasteiger partial charge is 0.352 e. The molecule has 0 aromatic heterocycles. The number of hydrogen-bond donors (Lipinski definition) is 1. The molecule has 0 aliphatic carbocycles. The van der Waals surface area contributed by atoms with Gasteiger partial charge in [0.2, 0.25) is 10.0 Å². The molecule has 0 unspecified atom stereocenters. The summed E-state index contributed by atoms with van der Waals surface area (Å²) in [5.41, 5.74) is 1.63. The zero-order valence-corrected chi connectivity index (χ0v) is 17.7. The Kier molecular flexibility index (Phi) is 7.28. The van der Waals surface area contributed by atoms with Gasteiger partial charge in [0.1, 0.15) is 0 Å². The Labute approximate surface area is 173 Å². The summed E-state index contributed by atoms with van der Waals surface area (Å²) in [7, 11) is -3.56. The molecule has 1 aliphatic heterocycles. The van der Waals surface area contributed by atoms with Crippen LogP contribution in [-0.4, -0.2) is 51.7 Å². The predicted molar refractivity (Wildman–Crippen MR) is 117 cm³/mol. The SMILES string of the molecule is CS(=O)(=O)N(Cc1ccccc1)c1ccccc1C(=O)NCCCN1CCCC1. The molecule has 3 rings (SSSR count). The Morgan fingerprint density at radius 1 is 1.03 bits per heavy atom. The van der Waals surface area contributed by atoms with Crippen molar-refractivity contribution in [3.63, 3.8) is 0 Å². The normalized spacial score (nSPS) is 14.7. The lowest BCUT2D eigenvalue weighted by molar-refractivity contribution is 0.0952. The molecule has 0 radical (unpaired) electrons. The summed E-state index contributed by atoms with van der Waals surface area (Å²) in [4.78, 5) is 15.2. The number of benzene rings is 2. The van der Waals surface area contributed by atoms with Gasteiger partial charge in [-0.25, -0.2) is 8.42 Å². The third kappa shape index (κ3) is 6.05. The predicted octanol–water partition coefficient (Wildman–Crippen LogP) is 2.87. The first kappa shape index (κ1) is 21.3. The molecule has 0 saturated carbocycles. The van der Waals surface area contributed by atoms with Crippen LogP contribution in [0.25, 0.3) is 0 Å². The smallest absolute Gasteiger partial charge is 0.253 e. The Morgan fingerprint density at radius 3 is 2.38 bits per heavy atom. The van der Waals surface area contributed by atoms with E-state index in [0.29, 0.717) is 17.8 Å². The summed E-state index contributed by atoms with van der Waals surface area (Å²) in [5.74, 6) is -0.247. The van der Waals surface area contributed by atoms with Crippen molar-refractivity contribution >= 4 is 21.6 Å². The van der Waals surface area contributed by atoms with E-state index >= 15 is 0 Å². The monoisotopic (exact) mass is 415 g/mol. The fraction of sp³-hybridized carbons (Fsp3) is 0.409. The van der Waals surface area contributed by atoms with Gasteiger partial charge in [0.05, 0.1) is 24.1 Å². The molecule has 0 bridgehead atoms. The molecule has 1 fully saturated rings. The number of likely N-dealkylation sites (tertiary alicyclic amines) is 1. The van der Waals surface area contributed by atoms with Crippen LogP contribution in [-0.2, 0) is 16.6 Å². The van der Waals surface area contributed by atoms with Crippen LogP contribution in [0.5, 0.6) is 0 Å². The number of anilines is 1. The molecule has 0 atom stereocenters. The number of sulfonamides is 1. The Morgan fingerprint density at radius 2 is 1.69 bits per heavy atom. The number of rotatable bonds is 9. The second kappa shape index (κ2) is 9.89. The maximum Gasteiger partial charge on any atom is 0.253 e. The van der Waals surface area contributed by atoms with Gasteiger partial charge in [-0.1, -0.05) is 42.5 Å². The molecule has 6 nitrogen and oxygen atoms in total. The van der Waals surface area contributed by atoms with E-state index in [9.17, 15) is 13.2 Å². The lowest BCUT2D eigenvalue weighted by atomic mass is 10.1. The van der Waals surface area contributed by atoms with Crippen LogP contribution in [0.2, 0.25) is 0 Å². The maximum absolute atomic E-state index is 12.8. The van der Waals surface area contributed by atoms with Crippen molar-refractivity contribution in [1.29, 1.82) is 0 Å². The summed E-state index contributed by atoms with van der Waals surface area (Å²) >= 11 is 0. The fourth-order valence-corrected chi connectivity index (χ4v) is 4.52. The van der Waals surface area contributed by atoms with E-state index < -0.39 is 10.0 Å². The number of carbonyl (C=O) groups excluding carboxylic acids is 1. The molecule has 1 aliphatic rings. The van der Waals surface area contributed by atoms with E-state index in [1.807, 2.05) is 30.3 Å². The van der Waals surface area contributed by atoms with Crippen LogP contribution in [0.4, 0.5) is 5.69 Å². The molecular formula is C22H29N3O3S. The number of amides is 1. The van der Waals surface area contributed by atoms with E-state index in [-0.39, 0.29) is 12.5 Å². The molecule has 0 spiro atoms. The Balaban J connectivity index is 1.71. The van der Waals surface area contributed by atoms with Crippen LogP contribution < -0.4 is 9.62 Å². The van der Waals surface area contributed by atoms with Crippen molar-refractivity contribution in [3.05, 3.63) is 65.7 Å². The van der Waals surface area contributed by atoms with Gasteiger partial charge in [0, 0.05) is 6.54 Å². The molecule has 1 N–H and O–H groups in total. The van der Waals surface area contributed by atoms with E-state index in [1.54, 1.807) is 24.3 Å². The van der Waals surface area contributed by atoms with Gasteiger partial charge >= 0.3 is 0 Å². The highest BCUT2D eigenvalue weighted by molar-refractivity contribution is 7.92. The van der Waals surface area contributed by atoms with Crippen LogP contribution in [0.15, 0.2) is 54.6 Å². The zero-order chi connectivity index (χ0) is 20.7. The topological polar surface area (TPSA) is 69.7 Å². The van der Waals surface area contributed by atoms with Crippen molar-refractivity contribution in [2.45, 2.75) is 25.8 Å². The van der Waals surface area contributed by atoms with Gasteiger partial charge in [-0.3, -0.25) is 9.10 Å². The van der Waals surface area contributed by atoms with Crippen molar-refractivity contribution in [2.24, 2.45) is 0 Å². The molecule has 2 aromatic rings. The van der Waals surface area contributed by atoms with Crippen molar-refractivity contribution in [3.8, 4) is 0 Å². The van der Waals surface area contributed by atoms with Crippen molar-refractivity contribution in [2.75, 3.05) is 36.7 Å². The highest BCUT2D eigenvalue weighted by Gasteiger charge is 2.23. The van der Waals surface area contributed by atoms with Gasteiger partial charge < -0.3 is 10.2 Å². The number of para-hydroxylation sites is 1. The number of nitrogens with one attached hydrogen (secondary N) is 1. The third-order valence-electron chi connectivity index (χ3n) is 5.12. The van der Waals surface area contributed by atoms with Gasteiger partial charge in [0.15, 0.2) is 0 Å². The summed E-state index contributed by atoms with van der Waals surface area (Å²) in [6.45, 7) is 4.00. The van der Waals surface area contributed by atoms with Crippen LogP contribution in [0, 0.1) is 0 Å². The quantitative estimate of drug-likeness (QED) is 0.640. The first-order chi connectivity index (χ1) is 13.9. The molecule has 1 saturated heterocycles. The molecule has 7 heteroatoms. The minimum atomic E-state index is -3.56. The fourth-order valence-electron chi connectivity index (χ4n) is 3.62. The lowest BCUT2D eigenvalue weighted by Crippen LogP contribution is -2.33. The maximum atomic E-state index is 12.8. The van der Waals surface area contributed by atoms with E-state index in [4.69, 9.17) is 0 Å². The number of nitrogens with zero attached hydrogens (tertiary/aromatic N) is 2. The molecule has 2 aromatic carbocycles. The summed E-state index contributed by atoms with van der Waals surface area (Å²) in [6, 6.07) is 16.2. The average Bonchev–Trinajstić information content (AvgIpc) is 3.23. The Bertz CT molecular complexity index is 910. The standard InChI is InChI=1S/C22H29N3O3S/c1-29(27,28)25(18-19-10-3-2-4-11-19)21-13-6-5-12-20(21)22(26)23-14-9-17-24-15-7-8-16-24/h2-6,10-13H,7-9,14-18H2,1H3,(H,23,26). The number of hydrogen-bond acceptors (Lipinski definition) is 4. The van der Waals surface area contributed by atoms with Gasteiger partial charge in [-0.15, -0.1) is 0 Å². The third-order valence-corrected chi connectivity index (χ3v) is 6.25.